The fraction of sp³-hybridized carbons (Fsp3) is 0.212. The molecule has 0 unspecified atom stereocenters. The number of benzene rings is 4. The average Bonchev–Trinajstić information content (AvgIpc) is 2.93. The van der Waals surface area contributed by atoms with E-state index >= 15 is 4.39 Å². The predicted molar refractivity (Wildman–Crippen MR) is 150 cm³/mol. The maximum atomic E-state index is 15.0. The Hall–Kier alpha value is -4.73. The molecule has 2 N–H and O–H groups in total. The molecular weight excluding hydrogens is 569 g/mol. The lowest BCUT2D eigenvalue weighted by molar-refractivity contribution is -0.152. The van der Waals surface area contributed by atoms with Crippen molar-refractivity contribution >= 4 is 11.9 Å². The monoisotopic (exact) mass is 597 g/mol. The smallest absolute Gasteiger partial charge is 0.416 e. The van der Waals surface area contributed by atoms with Crippen molar-refractivity contribution in [2.75, 3.05) is 0 Å². The molecular formula is C33H28F5NO4. The highest BCUT2D eigenvalue weighted by Gasteiger charge is 2.39. The van der Waals surface area contributed by atoms with Gasteiger partial charge in [0.1, 0.15) is 5.82 Å². The van der Waals surface area contributed by atoms with Crippen LogP contribution in [-0.4, -0.2) is 22.6 Å². The molecule has 0 heterocycles. The molecule has 0 aliphatic rings. The minimum atomic E-state index is -4.71. The molecule has 0 saturated heterocycles. The molecule has 0 aliphatic heterocycles. The lowest BCUT2D eigenvalue weighted by Gasteiger charge is -2.37. The number of carbonyl (C=O) groups excluding carboxylic acids is 1. The minimum absolute atomic E-state index is 0.0468. The SMILES string of the molecule is Cc1cc(F)cc([C@](Cc2ccccc2)(NC(=O)c2cccc(C(F)(F)F)c2)c2ccc(F)c(OC(C)(C)C(=O)O)c2)c1. The van der Waals surface area contributed by atoms with Gasteiger partial charge in [0.05, 0.1) is 11.1 Å². The molecule has 0 spiro atoms. The first-order valence-corrected chi connectivity index (χ1v) is 13.1. The van der Waals surface area contributed by atoms with Crippen LogP contribution < -0.4 is 10.1 Å². The van der Waals surface area contributed by atoms with Crippen molar-refractivity contribution in [2.45, 2.75) is 44.5 Å². The molecule has 1 amide bonds. The molecule has 43 heavy (non-hydrogen) atoms. The first-order valence-electron chi connectivity index (χ1n) is 13.1. The minimum Gasteiger partial charge on any atom is -0.478 e. The van der Waals surface area contributed by atoms with Crippen molar-refractivity contribution < 1.29 is 41.4 Å². The highest BCUT2D eigenvalue weighted by Crippen LogP contribution is 2.38. The molecule has 4 aromatic rings. The molecule has 224 valence electrons. The summed E-state index contributed by atoms with van der Waals surface area (Å²) in [6, 6.07) is 20.1. The molecule has 0 saturated carbocycles. The van der Waals surface area contributed by atoms with Crippen LogP contribution >= 0.6 is 0 Å². The number of rotatable bonds is 9. The number of hydrogen-bond acceptors (Lipinski definition) is 3. The fourth-order valence-electron chi connectivity index (χ4n) is 4.71. The second-order valence-corrected chi connectivity index (χ2v) is 10.7. The molecule has 0 aliphatic carbocycles. The summed E-state index contributed by atoms with van der Waals surface area (Å²) in [6.07, 6.45) is -4.76. The Morgan fingerprint density at radius 1 is 0.814 bits per heavy atom. The second-order valence-electron chi connectivity index (χ2n) is 10.7. The Balaban J connectivity index is 1.98. The van der Waals surface area contributed by atoms with Crippen molar-refractivity contribution in [3.63, 3.8) is 0 Å². The number of amides is 1. The van der Waals surface area contributed by atoms with Crippen molar-refractivity contribution in [3.05, 3.63) is 136 Å². The standard InChI is InChI=1S/C33H28F5NO4/c1-20-14-25(17-26(34)15-20)32(19-21-8-5-4-6-9-21,39-29(40)22-10-7-11-24(16-22)33(36,37)38)23-12-13-27(35)28(18-23)43-31(2,3)30(41)42/h4-18H,19H2,1-3H3,(H,39,40)(H,41,42)/t32-/m1/s1. The molecule has 10 heteroatoms. The number of aryl methyl sites for hydroxylation is 1. The van der Waals surface area contributed by atoms with E-state index in [9.17, 15) is 32.3 Å². The predicted octanol–water partition coefficient (Wildman–Crippen LogP) is 7.45. The Labute approximate surface area is 244 Å². The van der Waals surface area contributed by atoms with E-state index < -0.39 is 52.1 Å². The van der Waals surface area contributed by atoms with Gasteiger partial charge in [-0.25, -0.2) is 13.6 Å². The summed E-state index contributed by atoms with van der Waals surface area (Å²) in [5.74, 6) is -4.28. The van der Waals surface area contributed by atoms with E-state index in [1.165, 1.54) is 44.2 Å². The van der Waals surface area contributed by atoms with Gasteiger partial charge in [0.2, 0.25) is 0 Å². The number of aliphatic carboxylic acids is 1. The van der Waals surface area contributed by atoms with E-state index in [-0.39, 0.29) is 23.1 Å². The lowest BCUT2D eigenvalue weighted by atomic mass is 9.77. The molecule has 1 atom stereocenters. The van der Waals surface area contributed by atoms with Crippen molar-refractivity contribution in [3.8, 4) is 5.75 Å². The van der Waals surface area contributed by atoms with E-state index in [2.05, 4.69) is 5.32 Å². The number of alkyl halides is 3. The van der Waals surface area contributed by atoms with E-state index in [0.717, 1.165) is 18.2 Å². The van der Waals surface area contributed by atoms with Gasteiger partial charge in [0.25, 0.3) is 5.91 Å². The zero-order chi connectivity index (χ0) is 31.6. The largest absolute Gasteiger partial charge is 0.478 e. The third-order valence-corrected chi connectivity index (χ3v) is 6.93. The topological polar surface area (TPSA) is 75.6 Å². The zero-order valence-electron chi connectivity index (χ0n) is 23.4. The van der Waals surface area contributed by atoms with Gasteiger partial charge < -0.3 is 15.2 Å². The third kappa shape index (κ3) is 7.02. The Morgan fingerprint density at radius 3 is 2.14 bits per heavy atom. The van der Waals surface area contributed by atoms with E-state index in [1.54, 1.807) is 43.3 Å². The van der Waals surface area contributed by atoms with Gasteiger partial charge in [-0.05, 0) is 85.5 Å². The summed E-state index contributed by atoms with van der Waals surface area (Å²) in [7, 11) is 0. The zero-order valence-corrected chi connectivity index (χ0v) is 23.4. The summed E-state index contributed by atoms with van der Waals surface area (Å²) in [6.45, 7) is 4.08. The van der Waals surface area contributed by atoms with Crippen LogP contribution in [-0.2, 0) is 22.9 Å². The number of halogens is 5. The van der Waals surface area contributed by atoms with Gasteiger partial charge in [-0.1, -0.05) is 48.5 Å². The molecule has 0 bridgehead atoms. The summed E-state index contributed by atoms with van der Waals surface area (Å²) < 4.78 is 75.9. The Bertz CT molecular complexity index is 1630. The van der Waals surface area contributed by atoms with Crippen LogP contribution in [0.25, 0.3) is 0 Å². The Kier molecular flexibility index (Phi) is 8.62. The fourth-order valence-corrected chi connectivity index (χ4v) is 4.71. The summed E-state index contributed by atoms with van der Waals surface area (Å²) >= 11 is 0. The number of hydrogen-bond donors (Lipinski definition) is 2. The van der Waals surface area contributed by atoms with Crippen molar-refractivity contribution in [2.24, 2.45) is 0 Å². The van der Waals surface area contributed by atoms with Gasteiger partial charge in [0, 0.05) is 12.0 Å². The van der Waals surface area contributed by atoms with Crippen LogP contribution in [0.3, 0.4) is 0 Å². The molecule has 0 fully saturated rings. The molecule has 5 nitrogen and oxygen atoms in total. The highest BCUT2D eigenvalue weighted by atomic mass is 19.4. The van der Waals surface area contributed by atoms with E-state index in [4.69, 9.17) is 4.74 Å². The van der Waals surface area contributed by atoms with Gasteiger partial charge in [-0.15, -0.1) is 0 Å². The quantitative estimate of drug-likeness (QED) is 0.197. The first kappa shape index (κ1) is 31.2. The van der Waals surface area contributed by atoms with E-state index in [0.29, 0.717) is 17.2 Å². The number of carboxylic acid groups (broad SMARTS) is 1. The maximum Gasteiger partial charge on any atom is 0.416 e. The van der Waals surface area contributed by atoms with Crippen molar-refractivity contribution in [1.29, 1.82) is 0 Å². The molecule has 0 aromatic heterocycles. The lowest BCUT2D eigenvalue weighted by Crippen LogP contribution is -2.49. The van der Waals surface area contributed by atoms with E-state index in [1.807, 2.05) is 0 Å². The normalized spacial score (nSPS) is 13.2. The molecule has 0 radical (unpaired) electrons. The molecule has 4 rings (SSSR count). The summed E-state index contributed by atoms with van der Waals surface area (Å²) in [5, 5.41) is 12.4. The number of nitrogens with one attached hydrogen (secondary N) is 1. The highest BCUT2D eigenvalue weighted by molar-refractivity contribution is 5.95. The Morgan fingerprint density at radius 2 is 1.51 bits per heavy atom. The van der Waals surface area contributed by atoms with Gasteiger partial charge in [-0.3, -0.25) is 4.79 Å². The van der Waals surface area contributed by atoms with Gasteiger partial charge in [-0.2, -0.15) is 13.2 Å². The summed E-state index contributed by atoms with van der Waals surface area (Å²) in [5.41, 5.74) is -3.40. The first-order chi connectivity index (χ1) is 20.1. The van der Waals surface area contributed by atoms with Crippen LogP contribution in [0.1, 0.15) is 52.0 Å². The van der Waals surface area contributed by atoms with Crippen molar-refractivity contribution in [1.82, 2.24) is 5.32 Å². The van der Waals surface area contributed by atoms with Crippen LogP contribution in [0.15, 0.2) is 91.0 Å². The number of carboxylic acids is 1. The number of carbonyl (C=O) groups is 2. The van der Waals surface area contributed by atoms with Crippen LogP contribution in [0.2, 0.25) is 0 Å². The summed E-state index contributed by atoms with van der Waals surface area (Å²) in [4.78, 5) is 25.5. The second kappa shape index (κ2) is 11.9. The molecule has 4 aromatic carbocycles. The van der Waals surface area contributed by atoms with Crippen LogP contribution in [0.4, 0.5) is 22.0 Å². The van der Waals surface area contributed by atoms with Gasteiger partial charge >= 0.3 is 12.1 Å². The van der Waals surface area contributed by atoms with Crippen LogP contribution in [0.5, 0.6) is 5.75 Å². The van der Waals surface area contributed by atoms with Gasteiger partial charge in [0.15, 0.2) is 17.2 Å². The maximum absolute atomic E-state index is 15.0. The van der Waals surface area contributed by atoms with Crippen LogP contribution in [0, 0.1) is 18.6 Å². The average molecular weight is 598 g/mol. The number of ether oxygens (including phenoxy) is 1. The third-order valence-electron chi connectivity index (χ3n) is 6.93.